The lowest BCUT2D eigenvalue weighted by Gasteiger charge is -2.29. The number of carbonyl (C=O) groups is 2. The maximum atomic E-state index is 11.6. The number of rotatable bonds is 1. The smallest absolute Gasteiger partial charge is 0.339 e. The number of halogens is 1. The van der Waals surface area contributed by atoms with Crippen molar-refractivity contribution < 1.29 is 14.3 Å². The second kappa shape index (κ2) is 3.35. The summed E-state index contributed by atoms with van der Waals surface area (Å²) in [5.74, 6) is -0.492. The fourth-order valence-electron chi connectivity index (χ4n) is 1.64. The van der Waals surface area contributed by atoms with Gasteiger partial charge in [0.25, 0.3) is 0 Å². The Kier molecular flexibility index (Phi) is 2.27. The second-order valence-corrected chi connectivity index (χ2v) is 4.23. The predicted molar refractivity (Wildman–Crippen MR) is 55.0 cm³/mol. The Labute approximate surface area is 92.0 Å². The molecular formula is C11H9ClO3. The highest BCUT2D eigenvalue weighted by molar-refractivity contribution is 6.31. The van der Waals surface area contributed by atoms with E-state index in [0.717, 1.165) is 5.56 Å². The number of carbonyl (C=O) groups excluding carboxylic acids is 2. The van der Waals surface area contributed by atoms with Gasteiger partial charge in [-0.1, -0.05) is 17.7 Å². The maximum Gasteiger partial charge on any atom is 0.339 e. The third-order valence-corrected chi connectivity index (χ3v) is 2.64. The van der Waals surface area contributed by atoms with Gasteiger partial charge in [0.05, 0.1) is 5.56 Å². The number of aldehydes is 1. The normalized spacial score (nSPS) is 24.3. The summed E-state index contributed by atoms with van der Waals surface area (Å²) < 4.78 is 5.04. The number of benzene rings is 1. The van der Waals surface area contributed by atoms with Gasteiger partial charge >= 0.3 is 5.97 Å². The highest BCUT2D eigenvalue weighted by Crippen LogP contribution is 2.28. The molecule has 1 unspecified atom stereocenters. The molecule has 0 amide bonds. The monoisotopic (exact) mass is 224 g/mol. The van der Waals surface area contributed by atoms with Crippen LogP contribution >= 0.6 is 11.6 Å². The summed E-state index contributed by atoms with van der Waals surface area (Å²) in [7, 11) is 0. The molecule has 0 saturated heterocycles. The SMILES string of the molecule is CC1(C=O)Cc2ccc(Cl)cc2C(=O)O1. The van der Waals surface area contributed by atoms with Crippen LogP contribution in [0.15, 0.2) is 18.2 Å². The molecule has 0 radical (unpaired) electrons. The lowest BCUT2D eigenvalue weighted by molar-refractivity contribution is -0.124. The van der Waals surface area contributed by atoms with Gasteiger partial charge < -0.3 is 4.74 Å². The van der Waals surface area contributed by atoms with E-state index >= 15 is 0 Å². The lowest BCUT2D eigenvalue weighted by atomic mass is 9.91. The van der Waals surface area contributed by atoms with Crippen LogP contribution < -0.4 is 0 Å². The summed E-state index contributed by atoms with van der Waals surface area (Å²) in [6.07, 6.45) is 1.05. The van der Waals surface area contributed by atoms with Crippen LogP contribution in [-0.4, -0.2) is 17.9 Å². The molecule has 78 valence electrons. The summed E-state index contributed by atoms with van der Waals surface area (Å²) in [5, 5.41) is 0.486. The molecule has 3 nitrogen and oxygen atoms in total. The molecule has 0 spiro atoms. The number of fused-ring (bicyclic) bond motifs is 1. The summed E-state index contributed by atoms with van der Waals surface area (Å²) in [4.78, 5) is 22.4. The molecule has 1 aliphatic rings. The molecule has 2 rings (SSSR count). The van der Waals surface area contributed by atoms with Crippen LogP contribution in [0.5, 0.6) is 0 Å². The molecule has 0 aliphatic carbocycles. The summed E-state index contributed by atoms with van der Waals surface area (Å²) in [5.41, 5.74) is 0.199. The van der Waals surface area contributed by atoms with E-state index in [0.29, 0.717) is 23.3 Å². The van der Waals surface area contributed by atoms with E-state index in [1.54, 1.807) is 25.1 Å². The van der Waals surface area contributed by atoms with Gasteiger partial charge in [-0.05, 0) is 24.6 Å². The minimum absolute atomic E-state index is 0.398. The van der Waals surface area contributed by atoms with Crippen LogP contribution in [0.4, 0.5) is 0 Å². The van der Waals surface area contributed by atoms with Gasteiger partial charge in [-0.15, -0.1) is 0 Å². The van der Waals surface area contributed by atoms with Crippen molar-refractivity contribution in [2.75, 3.05) is 0 Å². The number of hydrogen-bond acceptors (Lipinski definition) is 3. The molecule has 1 aromatic carbocycles. The van der Waals surface area contributed by atoms with Crippen molar-refractivity contribution in [2.45, 2.75) is 18.9 Å². The largest absolute Gasteiger partial charge is 0.448 e. The fourth-order valence-corrected chi connectivity index (χ4v) is 1.81. The highest BCUT2D eigenvalue weighted by atomic mass is 35.5. The quantitative estimate of drug-likeness (QED) is 0.541. The molecule has 0 N–H and O–H groups in total. The Bertz CT molecular complexity index is 441. The minimum Gasteiger partial charge on any atom is -0.448 e. The average molecular weight is 225 g/mol. The van der Waals surface area contributed by atoms with Crippen molar-refractivity contribution >= 4 is 23.9 Å². The maximum absolute atomic E-state index is 11.6. The van der Waals surface area contributed by atoms with Crippen LogP contribution in [0.3, 0.4) is 0 Å². The van der Waals surface area contributed by atoms with Crippen LogP contribution in [-0.2, 0) is 16.0 Å². The zero-order valence-electron chi connectivity index (χ0n) is 8.12. The molecule has 0 saturated carbocycles. The molecule has 15 heavy (non-hydrogen) atoms. The third-order valence-electron chi connectivity index (χ3n) is 2.41. The van der Waals surface area contributed by atoms with E-state index in [2.05, 4.69) is 0 Å². The van der Waals surface area contributed by atoms with Crippen LogP contribution in [0.1, 0.15) is 22.8 Å². The number of ether oxygens (including phenoxy) is 1. The van der Waals surface area contributed by atoms with Gasteiger partial charge in [-0.25, -0.2) is 4.79 Å². The predicted octanol–water partition coefficient (Wildman–Crippen LogP) is 2.01. The molecule has 4 heteroatoms. The van der Waals surface area contributed by atoms with Crippen molar-refractivity contribution in [1.82, 2.24) is 0 Å². The Morgan fingerprint density at radius 3 is 2.93 bits per heavy atom. The van der Waals surface area contributed by atoms with Crippen molar-refractivity contribution in [2.24, 2.45) is 0 Å². The first kappa shape index (κ1) is 10.2. The van der Waals surface area contributed by atoms with E-state index in [4.69, 9.17) is 16.3 Å². The fraction of sp³-hybridized carbons (Fsp3) is 0.273. The van der Waals surface area contributed by atoms with Gasteiger partial charge in [-0.2, -0.15) is 0 Å². The standard InChI is InChI=1S/C11H9ClO3/c1-11(6-13)5-7-2-3-8(12)4-9(7)10(14)15-11/h2-4,6H,5H2,1H3. The van der Waals surface area contributed by atoms with Crippen LogP contribution in [0, 0.1) is 0 Å². The van der Waals surface area contributed by atoms with Crippen LogP contribution in [0.25, 0.3) is 0 Å². The zero-order valence-corrected chi connectivity index (χ0v) is 8.88. The Balaban J connectivity index is 2.50. The lowest BCUT2D eigenvalue weighted by Crippen LogP contribution is -2.40. The van der Waals surface area contributed by atoms with E-state index in [1.807, 2.05) is 0 Å². The number of hydrogen-bond donors (Lipinski definition) is 0. The molecule has 1 heterocycles. The van der Waals surface area contributed by atoms with E-state index in [1.165, 1.54) is 0 Å². The first-order valence-electron chi connectivity index (χ1n) is 4.52. The van der Waals surface area contributed by atoms with Gasteiger partial charge in [0, 0.05) is 11.4 Å². The summed E-state index contributed by atoms with van der Waals surface area (Å²) in [6.45, 7) is 1.59. The summed E-state index contributed by atoms with van der Waals surface area (Å²) >= 11 is 5.77. The Hall–Kier alpha value is -1.35. The number of cyclic esters (lactones) is 1. The average Bonchev–Trinajstić information content (AvgIpc) is 2.20. The van der Waals surface area contributed by atoms with E-state index in [-0.39, 0.29) is 0 Å². The van der Waals surface area contributed by atoms with Gasteiger partial charge in [-0.3, -0.25) is 4.79 Å². The number of esters is 1. The Morgan fingerprint density at radius 1 is 1.53 bits per heavy atom. The second-order valence-electron chi connectivity index (χ2n) is 3.80. The molecule has 0 bridgehead atoms. The van der Waals surface area contributed by atoms with Crippen molar-refractivity contribution in [3.63, 3.8) is 0 Å². The first-order valence-corrected chi connectivity index (χ1v) is 4.90. The van der Waals surface area contributed by atoms with Gasteiger partial charge in [0.15, 0.2) is 11.9 Å². The molecule has 1 aromatic rings. The summed E-state index contributed by atoms with van der Waals surface area (Å²) in [6, 6.07) is 5.01. The van der Waals surface area contributed by atoms with Gasteiger partial charge in [0.2, 0.25) is 0 Å². The van der Waals surface area contributed by atoms with Crippen LogP contribution in [0.2, 0.25) is 5.02 Å². The highest BCUT2D eigenvalue weighted by Gasteiger charge is 2.35. The molecule has 0 fully saturated rings. The van der Waals surface area contributed by atoms with E-state index in [9.17, 15) is 9.59 Å². The first-order chi connectivity index (χ1) is 7.04. The van der Waals surface area contributed by atoms with Crippen molar-refractivity contribution in [1.29, 1.82) is 0 Å². The van der Waals surface area contributed by atoms with Crippen molar-refractivity contribution in [3.05, 3.63) is 34.3 Å². The van der Waals surface area contributed by atoms with Crippen molar-refractivity contribution in [3.8, 4) is 0 Å². The molecule has 0 aromatic heterocycles. The topological polar surface area (TPSA) is 43.4 Å². The molecule has 1 atom stereocenters. The molecular weight excluding hydrogens is 216 g/mol. The van der Waals surface area contributed by atoms with E-state index < -0.39 is 11.6 Å². The minimum atomic E-state index is -1.04. The zero-order chi connectivity index (χ0) is 11.1. The third kappa shape index (κ3) is 1.75. The molecule has 1 aliphatic heterocycles. The van der Waals surface area contributed by atoms with Gasteiger partial charge in [0.1, 0.15) is 0 Å². The Morgan fingerprint density at radius 2 is 2.27 bits per heavy atom.